The van der Waals surface area contributed by atoms with Gasteiger partial charge >= 0.3 is 10.3 Å². The maximum absolute atomic E-state index is 11.1. The van der Waals surface area contributed by atoms with Crippen LogP contribution >= 0.6 is 34.8 Å². The number of ether oxygens (including phenoxy) is 1. The van der Waals surface area contributed by atoms with Crippen LogP contribution in [0, 0.1) is 0 Å². The van der Waals surface area contributed by atoms with Crippen molar-refractivity contribution in [1.82, 2.24) is 0 Å². The lowest BCUT2D eigenvalue weighted by Gasteiger charge is -2.09. The van der Waals surface area contributed by atoms with Gasteiger partial charge in [-0.15, -0.1) is 0 Å². The highest BCUT2D eigenvalue weighted by Crippen LogP contribution is 2.26. The summed E-state index contributed by atoms with van der Waals surface area (Å²) in [5.41, 5.74) is 5.11. The molecule has 0 bridgehead atoms. The van der Waals surface area contributed by atoms with Gasteiger partial charge in [-0.1, -0.05) is 51.9 Å². The Bertz CT molecular complexity index is 362. The van der Waals surface area contributed by atoms with Gasteiger partial charge in [-0.25, -0.2) is 4.18 Å². The average Bonchev–Trinajstić information content (AvgIpc) is 2.10. The smallest absolute Gasteiger partial charge is 0.385 e. The lowest BCUT2D eigenvalue weighted by Crippen LogP contribution is -2.21. The third kappa shape index (κ3) is 9.05. The third-order valence-corrected chi connectivity index (χ3v) is 2.07. The molecule has 2 N–H and O–H groups in total. The molecule has 0 atom stereocenters. The molecule has 16 heavy (non-hydrogen) atoms. The number of hydrogen-bond acceptors (Lipinski definition) is 4. The van der Waals surface area contributed by atoms with E-state index in [1.165, 1.54) is 6.08 Å². The molecule has 0 saturated carbocycles. The van der Waals surface area contributed by atoms with E-state index in [2.05, 4.69) is 19.9 Å². The molecule has 0 aliphatic heterocycles. The first-order valence-electron chi connectivity index (χ1n) is 3.71. The van der Waals surface area contributed by atoms with E-state index in [0.29, 0.717) is 0 Å². The molecule has 0 aromatic rings. The van der Waals surface area contributed by atoms with Crippen molar-refractivity contribution < 1.29 is 17.3 Å². The van der Waals surface area contributed by atoms with E-state index >= 15 is 0 Å². The molecule has 0 rings (SSSR count). The van der Waals surface area contributed by atoms with E-state index in [4.69, 9.17) is 40.5 Å². The van der Waals surface area contributed by atoms with Crippen LogP contribution in [0.2, 0.25) is 0 Å². The Kier molecular flexibility index (Phi) is 6.42. The Hall–Kier alpha value is -0.210. The van der Waals surface area contributed by atoms with E-state index in [1.807, 2.05) is 0 Å². The van der Waals surface area contributed by atoms with Crippen LogP contribution in [0.1, 0.15) is 0 Å². The van der Waals surface area contributed by atoms with Crippen LogP contribution in [0.15, 0.2) is 17.1 Å². The fourth-order valence-corrected chi connectivity index (χ4v) is 1.46. The normalized spacial score (nSPS) is 13.6. The number of hydrogen-bond donors (Lipinski definition) is 1. The summed E-state index contributed by atoms with van der Waals surface area (Å²) in [6, 6.07) is -0.593. The second kappa shape index (κ2) is 6.51. The zero-order valence-electron chi connectivity index (χ0n) is 7.90. The summed E-state index contributed by atoms with van der Waals surface area (Å²) in [7, 11) is -4.29. The predicted molar refractivity (Wildman–Crippen MR) is 62.9 cm³/mol. The maximum Gasteiger partial charge on any atom is 0.385 e. The van der Waals surface area contributed by atoms with Crippen molar-refractivity contribution in [3.8, 4) is 0 Å². The molecule has 10 heteroatoms. The number of halogens is 3. The van der Waals surface area contributed by atoms with E-state index in [1.54, 1.807) is 0 Å². The molecule has 0 spiro atoms. The van der Waals surface area contributed by atoms with Crippen LogP contribution in [0.3, 0.4) is 0 Å². The molecule has 0 amide bonds. The Morgan fingerprint density at radius 3 is 2.50 bits per heavy atom. The Labute approximate surface area is 108 Å². The number of nitrogens with two attached hydrogens (primary N) is 1. The second-order valence-electron chi connectivity index (χ2n) is 2.33. The van der Waals surface area contributed by atoms with Crippen molar-refractivity contribution in [3.05, 3.63) is 12.7 Å². The highest BCUT2D eigenvalue weighted by Gasteiger charge is 2.24. The van der Waals surface area contributed by atoms with Crippen molar-refractivity contribution in [2.24, 2.45) is 10.1 Å². The van der Waals surface area contributed by atoms with Crippen molar-refractivity contribution in [1.29, 1.82) is 0 Å². The summed E-state index contributed by atoms with van der Waals surface area (Å²) < 4.78 is 32.1. The van der Waals surface area contributed by atoms with Crippen LogP contribution < -0.4 is 5.73 Å². The molecule has 0 unspecified atom stereocenters. The van der Waals surface area contributed by atoms with E-state index in [-0.39, 0.29) is 6.61 Å². The summed E-state index contributed by atoms with van der Waals surface area (Å²) in [5, 5.41) is 0. The summed E-state index contributed by atoms with van der Waals surface area (Å²) in [5.74, 6) is 0. The van der Waals surface area contributed by atoms with Gasteiger partial charge < -0.3 is 10.5 Å². The lowest BCUT2D eigenvalue weighted by atomic mass is 10.7. The van der Waals surface area contributed by atoms with Crippen molar-refractivity contribution in [2.45, 2.75) is 3.79 Å². The minimum absolute atomic E-state index is 0.00924. The summed E-state index contributed by atoms with van der Waals surface area (Å²) in [4.78, 5) is 0. The maximum atomic E-state index is 11.1. The first-order valence-corrected chi connectivity index (χ1v) is 6.21. The van der Waals surface area contributed by atoms with Crippen LogP contribution in [-0.2, 0) is 19.2 Å². The van der Waals surface area contributed by atoms with Gasteiger partial charge in [-0.05, 0) is 0 Å². The molecule has 0 aromatic heterocycles. The van der Waals surface area contributed by atoms with Gasteiger partial charge in [-0.3, -0.25) is 0 Å². The molecule has 0 aliphatic carbocycles. The van der Waals surface area contributed by atoms with Gasteiger partial charge in [0.25, 0.3) is 6.02 Å². The minimum atomic E-state index is -4.29. The van der Waals surface area contributed by atoms with Gasteiger partial charge in [0.2, 0.25) is 3.79 Å². The number of nitrogens with zero attached hydrogens (tertiary/aromatic N) is 1. The molecule has 0 aliphatic rings. The topological polar surface area (TPSA) is 91.0 Å². The van der Waals surface area contributed by atoms with Gasteiger partial charge in [0, 0.05) is 0 Å². The van der Waals surface area contributed by atoms with E-state index in [0.717, 1.165) is 0 Å². The van der Waals surface area contributed by atoms with Crippen LogP contribution in [0.25, 0.3) is 0 Å². The number of amidine groups is 1. The quantitative estimate of drug-likeness (QED) is 0.356. The molecule has 0 fully saturated rings. The Balaban J connectivity index is 4.39. The summed E-state index contributed by atoms with van der Waals surface area (Å²) in [6.45, 7) is 2.66. The zero-order valence-corrected chi connectivity index (χ0v) is 11.0. The highest BCUT2D eigenvalue weighted by atomic mass is 35.6. The molecule has 94 valence electrons. The highest BCUT2D eigenvalue weighted by molar-refractivity contribution is 7.85. The molecular weight excluding hydrogens is 303 g/mol. The van der Waals surface area contributed by atoms with Gasteiger partial charge in [-0.2, -0.15) is 8.42 Å². The standard InChI is InChI=1S/C6H9Cl3N2O4S/c1-2-3-14-5(10)11-16(12,13)15-4-6(7,8)9/h2H,1,3-4H2,(H2,10,11). The van der Waals surface area contributed by atoms with Crippen LogP contribution in [-0.4, -0.2) is 31.4 Å². The third-order valence-electron chi connectivity index (χ3n) is 0.922. The SMILES string of the molecule is C=CCO/C(N)=N/S(=O)(=O)OCC(Cl)(Cl)Cl. The second-order valence-corrected chi connectivity index (χ2v) is 6.12. The fourth-order valence-electron chi connectivity index (χ4n) is 0.448. The van der Waals surface area contributed by atoms with Gasteiger partial charge in [0.1, 0.15) is 13.2 Å². The monoisotopic (exact) mass is 310 g/mol. The van der Waals surface area contributed by atoms with Crippen LogP contribution in [0.5, 0.6) is 0 Å². The molecule has 0 radical (unpaired) electrons. The van der Waals surface area contributed by atoms with Gasteiger partial charge in [0.15, 0.2) is 0 Å². The van der Waals surface area contributed by atoms with Crippen molar-refractivity contribution in [3.63, 3.8) is 0 Å². The fraction of sp³-hybridized carbons (Fsp3) is 0.500. The molecule has 0 saturated heterocycles. The van der Waals surface area contributed by atoms with Gasteiger partial charge in [0.05, 0.1) is 0 Å². The van der Waals surface area contributed by atoms with E-state index < -0.39 is 26.7 Å². The largest absolute Gasteiger partial charge is 0.460 e. The first-order chi connectivity index (χ1) is 7.16. The van der Waals surface area contributed by atoms with E-state index in [9.17, 15) is 8.42 Å². The summed E-state index contributed by atoms with van der Waals surface area (Å²) >= 11 is 15.8. The first kappa shape index (κ1) is 15.8. The average molecular weight is 312 g/mol. The molecule has 0 aromatic carbocycles. The lowest BCUT2D eigenvalue weighted by molar-refractivity contribution is 0.320. The Morgan fingerprint density at radius 1 is 1.50 bits per heavy atom. The van der Waals surface area contributed by atoms with Crippen molar-refractivity contribution in [2.75, 3.05) is 13.2 Å². The molecule has 0 heterocycles. The van der Waals surface area contributed by atoms with Crippen molar-refractivity contribution >= 4 is 51.1 Å². The summed E-state index contributed by atoms with van der Waals surface area (Å²) in [6.07, 6.45) is 1.36. The Morgan fingerprint density at radius 2 is 2.06 bits per heavy atom. The van der Waals surface area contributed by atoms with Crippen LogP contribution in [0.4, 0.5) is 0 Å². The minimum Gasteiger partial charge on any atom is -0.460 e. The number of rotatable bonds is 5. The number of alkyl halides is 3. The molecular formula is C6H9Cl3N2O4S. The zero-order chi connectivity index (χ0) is 12.8. The molecule has 6 nitrogen and oxygen atoms in total. The predicted octanol–water partition coefficient (Wildman–Crippen LogP) is 1.14.